The number of rotatable bonds is 3. The summed E-state index contributed by atoms with van der Waals surface area (Å²) >= 11 is 0. The van der Waals surface area contributed by atoms with E-state index in [1.165, 1.54) is 5.41 Å². The van der Waals surface area contributed by atoms with Crippen molar-refractivity contribution in [2.75, 3.05) is 10.7 Å². The lowest BCUT2D eigenvalue weighted by Crippen LogP contribution is -2.40. The number of amides is 1. The number of sulfone groups is 1. The van der Waals surface area contributed by atoms with E-state index in [2.05, 4.69) is 0 Å². The van der Waals surface area contributed by atoms with Gasteiger partial charge < -0.3 is 4.90 Å². The molecule has 4 nitrogen and oxygen atoms in total. The van der Waals surface area contributed by atoms with Gasteiger partial charge in [0, 0.05) is 17.5 Å². The van der Waals surface area contributed by atoms with Gasteiger partial charge in [0.2, 0.25) is 5.91 Å². The van der Waals surface area contributed by atoms with Gasteiger partial charge in [0.05, 0.1) is 11.8 Å². The van der Waals surface area contributed by atoms with Crippen molar-refractivity contribution < 1.29 is 13.2 Å². The number of carbonyl (C=O) groups is 1. The lowest BCUT2D eigenvalue weighted by molar-refractivity contribution is -0.118. The second-order valence-electron chi connectivity index (χ2n) is 4.68. The highest BCUT2D eigenvalue weighted by molar-refractivity contribution is 7.94. The average Bonchev–Trinajstić information content (AvgIpc) is 2.72. The highest BCUT2D eigenvalue weighted by atomic mass is 32.2. The van der Waals surface area contributed by atoms with E-state index < -0.39 is 15.9 Å². The molecule has 0 bridgehead atoms. The molecule has 0 aromatic heterocycles. The molecule has 102 valence electrons. The van der Waals surface area contributed by atoms with Crippen LogP contribution < -0.4 is 4.90 Å². The standard InChI is InChI=1S/C14H17NO3S/c1-3-14(16)15(12-6-4-11(2)5-7-12)13-8-9-19(17,18)10-13/h4-9,13H,3,10H2,1-2H3/t13-/m1/s1. The maximum atomic E-state index is 12.1. The Bertz CT molecular complexity index is 602. The van der Waals surface area contributed by atoms with E-state index >= 15 is 0 Å². The van der Waals surface area contributed by atoms with E-state index in [1.54, 1.807) is 17.9 Å². The summed E-state index contributed by atoms with van der Waals surface area (Å²) < 4.78 is 23.0. The molecule has 0 fully saturated rings. The minimum Gasteiger partial charge on any atom is -0.304 e. The molecule has 1 aliphatic rings. The van der Waals surface area contributed by atoms with Gasteiger partial charge in [0.25, 0.3) is 0 Å². The van der Waals surface area contributed by atoms with Crippen molar-refractivity contribution in [3.63, 3.8) is 0 Å². The van der Waals surface area contributed by atoms with Crippen LogP contribution in [0.15, 0.2) is 35.7 Å². The summed E-state index contributed by atoms with van der Waals surface area (Å²) in [6, 6.07) is 7.13. The van der Waals surface area contributed by atoms with Crippen LogP contribution in [0.25, 0.3) is 0 Å². The summed E-state index contributed by atoms with van der Waals surface area (Å²) in [4.78, 5) is 13.7. The smallest absolute Gasteiger partial charge is 0.227 e. The van der Waals surface area contributed by atoms with Gasteiger partial charge in [-0.1, -0.05) is 24.6 Å². The fourth-order valence-electron chi connectivity index (χ4n) is 2.12. The van der Waals surface area contributed by atoms with E-state index in [0.29, 0.717) is 6.42 Å². The quantitative estimate of drug-likeness (QED) is 0.851. The monoisotopic (exact) mass is 279 g/mol. The summed E-state index contributed by atoms with van der Waals surface area (Å²) in [5.41, 5.74) is 1.84. The van der Waals surface area contributed by atoms with Crippen molar-refractivity contribution >= 4 is 21.4 Å². The molecule has 2 rings (SSSR count). The fourth-order valence-corrected chi connectivity index (χ4v) is 3.38. The van der Waals surface area contributed by atoms with Crippen LogP contribution in [0, 0.1) is 6.92 Å². The molecule has 0 radical (unpaired) electrons. The van der Waals surface area contributed by atoms with Crippen LogP contribution in [0.5, 0.6) is 0 Å². The van der Waals surface area contributed by atoms with E-state index in [1.807, 2.05) is 31.2 Å². The van der Waals surface area contributed by atoms with Gasteiger partial charge in [0.1, 0.15) is 0 Å². The molecule has 1 heterocycles. The number of carbonyl (C=O) groups excluding carboxylic acids is 1. The molecule has 1 amide bonds. The SMILES string of the molecule is CCC(=O)N(c1ccc(C)cc1)[C@@H]1C=CS(=O)(=O)C1. The molecule has 5 heteroatoms. The maximum absolute atomic E-state index is 12.1. The molecule has 0 saturated heterocycles. The lowest BCUT2D eigenvalue weighted by Gasteiger charge is -2.27. The highest BCUT2D eigenvalue weighted by Crippen LogP contribution is 2.23. The van der Waals surface area contributed by atoms with Crippen LogP contribution in [-0.2, 0) is 14.6 Å². The summed E-state index contributed by atoms with van der Waals surface area (Å²) in [7, 11) is -3.17. The Balaban J connectivity index is 2.35. The van der Waals surface area contributed by atoms with Crippen molar-refractivity contribution in [2.24, 2.45) is 0 Å². The topological polar surface area (TPSA) is 54.5 Å². The van der Waals surface area contributed by atoms with E-state index in [4.69, 9.17) is 0 Å². The number of anilines is 1. The number of aryl methyl sites for hydroxylation is 1. The summed E-state index contributed by atoms with van der Waals surface area (Å²) in [5, 5.41) is 1.20. The number of hydrogen-bond acceptors (Lipinski definition) is 3. The van der Waals surface area contributed by atoms with Gasteiger partial charge in [-0.15, -0.1) is 0 Å². The molecule has 0 aliphatic carbocycles. The zero-order chi connectivity index (χ0) is 14.0. The first-order valence-electron chi connectivity index (χ1n) is 6.22. The lowest BCUT2D eigenvalue weighted by atomic mass is 10.1. The number of nitrogens with zero attached hydrogens (tertiary/aromatic N) is 1. The summed E-state index contributed by atoms with van der Waals surface area (Å²) in [6.45, 7) is 3.74. The van der Waals surface area contributed by atoms with Gasteiger partial charge in [0.15, 0.2) is 9.84 Å². The van der Waals surface area contributed by atoms with E-state index in [-0.39, 0.29) is 11.7 Å². The third-order valence-electron chi connectivity index (χ3n) is 3.13. The molecule has 0 saturated carbocycles. The van der Waals surface area contributed by atoms with E-state index in [9.17, 15) is 13.2 Å². The molecule has 0 N–H and O–H groups in total. The van der Waals surface area contributed by atoms with Crippen molar-refractivity contribution in [3.05, 3.63) is 41.3 Å². The second-order valence-corrected chi connectivity index (χ2v) is 6.61. The van der Waals surface area contributed by atoms with Crippen LogP contribution in [0.3, 0.4) is 0 Å². The zero-order valence-corrected chi connectivity index (χ0v) is 11.9. The van der Waals surface area contributed by atoms with Crippen molar-refractivity contribution in [2.45, 2.75) is 26.3 Å². The molecule has 1 aromatic carbocycles. The van der Waals surface area contributed by atoms with Gasteiger partial charge in [-0.05, 0) is 25.1 Å². The van der Waals surface area contributed by atoms with Gasteiger partial charge >= 0.3 is 0 Å². The molecule has 1 atom stereocenters. The van der Waals surface area contributed by atoms with Gasteiger partial charge in [-0.25, -0.2) is 8.42 Å². The number of hydrogen-bond donors (Lipinski definition) is 0. The predicted molar refractivity (Wildman–Crippen MR) is 75.7 cm³/mol. The van der Waals surface area contributed by atoms with Crippen molar-refractivity contribution in [3.8, 4) is 0 Å². The molecular weight excluding hydrogens is 262 g/mol. The van der Waals surface area contributed by atoms with Crippen LogP contribution in [-0.4, -0.2) is 26.1 Å². The van der Waals surface area contributed by atoms with Crippen LogP contribution in [0.2, 0.25) is 0 Å². The Labute approximate surface area is 113 Å². The van der Waals surface area contributed by atoms with E-state index in [0.717, 1.165) is 11.3 Å². The first kappa shape index (κ1) is 13.8. The van der Waals surface area contributed by atoms with Crippen LogP contribution in [0.1, 0.15) is 18.9 Å². The zero-order valence-electron chi connectivity index (χ0n) is 11.0. The normalized spacial score (nSPS) is 20.4. The molecular formula is C14H17NO3S. The van der Waals surface area contributed by atoms with Gasteiger partial charge in [-0.2, -0.15) is 0 Å². The molecule has 0 unspecified atom stereocenters. The Hall–Kier alpha value is -1.62. The Kier molecular flexibility index (Phi) is 3.75. The molecule has 0 spiro atoms. The Morgan fingerprint density at radius 1 is 1.32 bits per heavy atom. The molecule has 1 aliphatic heterocycles. The fraction of sp³-hybridized carbons (Fsp3) is 0.357. The largest absolute Gasteiger partial charge is 0.304 e. The minimum atomic E-state index is -3.17. The highest BCUT2D eigenvalue weighted by Gasteiger charge is 2.30. The first-order valence-corrected chi connectivity index (χ1v) is 7.94. The average molecular weight is 279 g/mol. The molecule has 19 heavy (non-hydrogen) atoms. The van der Waals surface area contributed by atoms with Crippen molar-refractivity contribution in [1.82, 2.24) is 0 Å². The Morgan fingerprint density at radius 3 is 2.42 bits per heavy atom. The third kappa shape index (κ3) is 3.04. The molecule has 1 aromatic rings. The summed E-state index contributed by atoms with van der Waals surface area (Å²) in [6.07, 6.45) is 1.93. The second kappa shape index (κ2) is 5.17. The summed E-state index contributed by atoms with van der Waals surface area (Å²) in [5.74, 6) is -0.109. The third-order valence-corrected chi connectivity index (χ3v) is 4.50. The van der Waals surface area contributed by atoms with Crippen LogP contribution in [0.4, 0.5) is 5.69 Å². The predicted octanol–water partition coefficient (Wildman–Crippen LogP) is 2.05. The first-order chi connectivity index (χ1) is 8.93. The van der Waals surface area contributed by atoms with Crippen LogP contribution >= 0.6 is 0 Å². The minimum absolute atomic E-state index is 0.0351. The van der Waals surface area contributed by atoms with Crippen molar-refractivity contribution in [1.29, 1.82) is 0 Å². The Morgan fingerprint density at radius 2 is 1.95 bits per heavy atom. The number of benzene rings is 1. The maximum Gasteiger partial charge on any atom is 0.227 e. The van der Waals surface area contributed by atoms with Gasteiger partial charge in [-0.3, -0.25) is 4.79 Å².